The highest BCUT2D eigenvalue weighted by Crippen LogP contribution is 2.27. The molecule has 1 rings (SSSR count). The summed E-state index contributed by atoms with van der Waals surface area (Å²) in [5.41, 5.74) is 6.60. The first-order chi connectivity index (χ1) is 9.94. The summed E-state index contributed by atoms with van der Waals surface area (Å²) in [5.74, 6) is 0.504. The molecule has 0 spiro atoms. The molecular weight excluding hydrogens is 270 g/mol. The summed E-state index contributed by atoms with van der Waals surface area (Å²) >= 11 is 0. The number of hydrogen-bond donors (Lipinski definition) is 2. The van der Waals surface area contributed by atoms with Crippen molar-refractivity contribution in [3.63, 3.8) is 0 Å². The number of ether oxygens (including phenoxy) is 1. The summed E-state index contributed by atoms with van der Waals surface area (Å²) in [4.78, 5) is 10.6. The molecule has 0 unspecified atom stereocenters. The van der Waals surface area contributed by atoms with Crippen molar-refractivity contribution in [2.45, 2.75) is 45.6 Å². The van der Waals surface area contributed by atoms with Gasteiger partial charge in [-0.15, -0.1) is 0 Å². The third-order valence-corrected chi connectivity index (χ3v) is 3.63. The van der Waals surface area contributed by atoms with E-state index in [1.807, 2.05) is 20.8 Å². The molecule has 3 N–H and O–H groups in total. The number of hydrogen-bond acceptors (Lipinski definition) is 5. The number of nitrogens with one attached hydrogen (secondary N) is 1. The molecule has 6 nitrogen and oxygen atoms in total. The molecule has 0 radical (unpaired) electrons. The zero-order valence-electron chi connectivity index (χ0n) is 13.0. The Morgan fingerprint density at radius 1 is 1.29 bits per heavy atom. The summed E-state index contributed by atoms with van der Waals surface area (Å²) in [7, 11) is 0. The van der Waals surface area contributed by atoms with Crippen LogP contribution in [-0.2, 0) is 0 Å². The molecule has 6 heteroatoms. The number of nitro benzene ring substituents is 1. The Hall–Kier alpha value is -1.82. The second-order valence-electron chi connectivity index (χ2n) is 5.24. The van der Waals surface area contributed by atoms with Gasteiger partial charge in [0.1, 0.15) is 5.75 Å². The van der Waals surface area contributed by atoms with Gasteiger partial charge in [0.05, 0.1) is 17.6 Å². The van der Waals surface area contributed by atoms with Crippen LogP contribution in [0.2, 0.25) is 0 Å². The van der Waals surface area contributed by atoms with E-state index < -0.39 is 4.92 Å². The number of non-ortho nitro benzene ring substituents is 1. The van der Waals surface area contributed by atoms with Gasteiger partial charge in [-0.1, -0.05) is 20.8 Å². The van der Waals surface area contributed by atoms with E-state index in [2.05, 4.69) is 5.32 Å². The average Bonchev–Trinajstić information content (AvgIpc) is 2.50. The SMILES string of the molecule is CCCOc1cc(NCC(N)(CC)CC)cc([N+](=O)[O-])c1. The lowest BCUT2D eigenvalue weighted by Crippen LogP contribution is -2.45. The van der Waals surface area contributed by atoms with Crippen LogP contribution < -0.4 is 15.8 Å². The molecule has 0 aliphatic carbocycles. The minimum absolute atomic E-state index is 0.0155. The summed E-state index contributed by atoms with van der Waals surface area (Å²) in [6.07, 6.45) is 2.53. The fourth-order valence-electron chi connectivity index (χ4n) is 1.87. The molecule has 0 saturated heterocycles. The van der Waals surface area contributed by atoms with E-state index in [0.29, 0.717) is 24.6 Å². The third kappa shape index (κ3) is 5.23. The van der Waals surface area contributed by atoms with E-state index in [1.165, 1.54) is 12.1 Å². The molecule has 0 aliphatic rings. The molecule has 0 bridgehead atoms. The van der Waals surface area contributed by atoms with Crippen LogP contribution in [0.5, 0.6) is 5.75 Å². The first kappa shape index (κ1) is 17.2. The Labute approximate surface area is 125 Å². The van der Waals surface area contributed by atoms with Crippen LogP contribution in [0.25, 0.3) is 0 Å². The van der Waals surface area contributed by atoms with Crippen molar-refractivity contribution >= 4 is 11.4 Å². The first-order valence-electron chi connectivity index (χ1n) is 7.39. The van der Waals surface area contributed by atoms with Gasteiger partial charge in [0, 0.05) is 29.9 Å². The highest BCUT2D eigenvalue weighted by Gasteiger charge is 2.20. The van der Waals surface area contributed by atoms with Crippen molar-refractivity contribution in [3.05, 3.63) is 28.3 Å². The van der Waals surface area contributed by atoms with E-state index in [9.17, 15) is 10.1 Å². The normalized spacial score (nSPS) is 11.2. The molecule has 0 atom stereocenters. The van der Waals surface area contributed by atoms with Crippen LogP contribution in [0.1, 0.15) is 40.0 Å². The second-order valence-corrected chi connectivity index (χ2v) is 5.24. The fraction of sp³-hybridized carbons (Fsp3) is 0.600. The lowest BCUT2D eigenvalue weighted by molar-refractivity contribution is -0.384. The summed E-state index contributed by atoms with van der Waals surface area (Å²) in [6.45, 7) is 7.16. The minimum atomic E-state index is -0.417. The predicted molar refractivity (Wildman–Crippen MR) is 84.9 cm³/mol. The average molecular weight is 295 g/mol. The molecule has 0 saturated carbocycles. The monoisotopic (exact) mass is 295 g/mol. The van der Waals surface area contributed by atoms with Gasteiger partial charge < -0.3 is 15.8 Å². The van der Waals surface area contributed by atoms with Gasteiger partial charge in [-0.3, -0.25) is 10.1 Å². The number of rotatable bonds is 9. The second kappa shape index (κ2) is 7.83. The van der Waals surface area contributed by atoms with E-state index in [-0.39, 0.29) is 11.2 Å². The van der Waals surface area contributed by atoms with E-state index in [0.717, 1.165) is 19.3 Å². The van der Waals surface area contributed by atoms with Gasteiger partial charge in [0.15, 0.2) is 0 Å². The Balaban J connectivity index is 2.89. The highest BCUT2D eigenvalue weighted by molar-refractivity contribution is 5.56. The Kier molecular flexibility index (Phi) is 6.42. The summed E-state index contributed by atoms with van der Waals surface area (Å²) in [5, 5.41) is 14.2. The molecule has 1 aromatic rings. The zero-order chi connectivity index (χ0) is 15.9. The highest BCUT2D eigenvalue weighted by atomic mass is 16.6. The number of anilines is 1. The molecule has 21 heavy (non-hydrogen) atoms. The van der Waals surface area contributed by atoms with Crippen molar-refractivity contribution in [1.82, 2.24) is 0 Å². The maximum absolute atomic E-state index is 11.0. The molecule has 0 aromatic heterocycles. The van der Waals surface area contributed by atoms with Crippen molar-refractivity contribution in [1.29, 1.82) is 0 Å². The summed E-state index contributed by atoms with van der Waals surface area (Å²) < 4.78 is 5.50. The van der Waals surface area contributed by atoms with Gasteiger partial charge in [-0.2, -0.15) is 0 Å². The Morgan fingerprint density at radius 2 is 1.95 bits per heavy atom. The number of benzene rings is 1. The zero-order valence-corrected chi connectivity index (χ0v) is 13.0. The Morgan fingerprint density at radius 3 is 2.48 bits per heavy atom. The Bertz CT molecular complexity index is 473. The molecule has 0 heterocycles. The van der Waals surface area contributed by atoms with E-state index in [4.69, 9.17) is 10.5 Å². The van der Waals surface area contributed by atoms with Crippen LogP contribution in [0, 0.1) is 10.1 Å². The molecule has 0 amide bonds. The first-order valence-corrected chi connectivity index (χ1v) is 7.39. The topological polar surface area (TPSA) is 90.4 Å². The minimum Gasteiger partial charge on any atom is -0.493 e. The lowest BCUT2D eigenvalue weighted by atomic mass is 9.94. The van der Waals surface area contributed by atoms with Crippen molar-refractivity contribution in [2.24, 2.45) is 5.73 Å². The number of nitrogens with two attached hydrogens (primary N) is 1. The van der Waals surface area contributed by atoms with Crippen LogP contribution in [0.3, 0.4) is 0 Å². The van der Waals surface area contributed by atoms with E-state index >= 15 is 0 Å². The number of nitrogens with zero attached hydrogens (tertiary/aromatic N) is 1. The molecule has 0 aliphatic heterocycles. The van der Waals surface area contributed by atoms with Crippen molar-refractivity contribution < 1.29 is 9.66 Å². The standard InChI is InChI=1S/C15H25N3O3/c1-4-7-21-14-9-12(8-13(10-14)18(19)20)17-11-15(16,5-2)6-3/h8-10,17H,4-7,11,16H2,1-3H3. The van der Waals surface area contributed by atoms with E-state index in [1.54, 1.807) is 6.07 Å². The lowest BCUT2D eigenvalue weighted by Gasteiger charge is -2.27. The molecule has 0 fully saturated rings. The van der Waals surface area contributed by atoms with Crippen LogP contribution in [0.4, 0.5) is 11.4 Å². The van der Waals surface area contributed by atoms with Crippen molar-refractivity contribution in [2.75, 3.05) is 18.5 Å². The largest absolute Gasteiger partial charge is 0.493 e. The van der Waals surface area contributed by atoms with Gasteiger partial charge >= 0.3 is 0 Å². The molecule has 118 valence electrons. The third-order valence-electron chi connectivity index (χ3n) is 3.63. The van der Waals surface area contributed by atoms with Gasteiger partial charge in [-0.25, -0.2) is 0 Å². The van der Waals surface area contributed by atoms with Gasteiger partial charge in [0.2, 0.25) is 0 Å². The van der Waals surface area contributed by atoms with Gasteiger partial charge in [0.25, 0.3) is 5.69 Å². The van der Waals surface area contributed by atoms with Crippen LogP contribution >= 0.6 is 0 Å². The maximum atomic E-state index is 11.0. The molecular formula is C15H25N3O3. The molecule has 1 aromatic carbocycles. The van der Waals surface area contributed by atoms with Crippen LogP contribution in [-0.4, -0.2) is 23.6 Å². The quantitative estimate of drug-likeness (QED) is 0.538. The summed E-state index contributed by atoms with van der Waals surface area (Å²) in [6, 6.07) is 4.72. The van der Waals surface area contributed by atoms with Crippen LogP contribution in [0.15, 0.2) is 18.2 Å². The smallest absolute Gasteiger partial charge is 0.275 e. The van der Waals surface area contributed by atoms with Crippen molar-refractivity contribution in [3.8, 4) is 5.75 Å². The maximum Gasteiger partial charge on any atom is 0.275 e. The fourth-order valence-corrected chi connectivity index (χ4v) is 1.87. The van der Waals surface area contributed by atoms with Gasteiger partial charge in [-0.05, 0) is 19.3 Å². The predicted octanol–water partition coefficient (Wildman–Crippen LogP) is 3.31. The number of nitro groups is 1.